The number of methoxy groups -OCH3 is 2. The number of anilines is 1. The monoisotopic (exact) mass is 512 g/mol. The van der Waals surface area contributed by atoms with Gasteiger partial charge in [-0.15, -0.1) is 0 Å². The lowest BCUT2D eigenvalue weighted by atomic mass is 9.97. The summed E-state index contributed by atoms with van der Waals surface area (Å²) < 4.78 is 18.2. The molecule has 0 saturated heterocycles. The number of benzene rings is 3. The second-order valence-corrected chi connectivity index (χ2v) is 10.2. The Morgan fingerprint density at radius 2 is 1.81 bits per heavy atom. The normalized spacial score (nSPS) is 15.1. The molecule has 2 aromatic heterocycles. The lowest BCUT2D eigenvalue weighted by Gasteiger charge is -2.24. The van der Waals surface area contributed by atoms with E-state index >= 15 is 0 Å². The van der Waals surface area contributed by atoms with Crippen LogP contribution in [0.15, 0.2) is 69.9 Å². The van der Waals surface area contributed by atoms with E-state index in [0.717, 1.165) is 10.2 Å². The quantitative estimate of drug-likeness (QED) is 0.275. The minimum absolute atomic E-state index is 0.0145. The standard InChI is InChI=1S/C29H24N2O5S/c1-15(2)16-9-11-20-23(13-16)37-29(30-20)31-25(19-14-17(34-3)10-12-21(19)35-4)24-26(32)18-7-5-6-8-22(18)36-27(24)28(31)33/h5-15,25H,1-4H3/t25-/m0/s1. The van der Waals surface area contributed by atoms with Gasteiger partial charge in [0, 0.05) is 5.56 Å². The molecule has 3 aromatic carbocycles. The van der Waals surface area contributed by atoms with Crippen molar-refractivity contribution in [1.29, 1.82) is 0 Å². The third-order valence-electron chi connectivity index (χ3n) is 6.78. The van der Waals surface area contributed by atoms with E-state index in [1.807, 2.05) is 6.07 Å². The topological polar surface area (TPSA) is 81.9 Å². The van der Waals surface area contributed by atoms with Gasteiger partial charge >= 0.3 is 0 Å². The molecule has 0 fully saturated rings. The van der Waals surface area contributed by atoms with E-state index in [1.54, 1.807) is 61.6 Å². The molecule has 6 rings (SSSR count). The minimum atomic E-state index is -0.807. The second-order valence-electron chi connectivity index (χ2n) is 9.23. The van der Waals surface area contributed by atoms with Crippen molar-refractivity contribution in [3.05, 3.63) is 93.3 Å². The van der Waals surface area contributed by atoms with Gasteiger partial charge in [-0.05, 0) is 53.9 Å². The van der Waals surface area contributed by atoms with Crippen molar-refractivity contribution in [2.75, 3.05) is 19.1 Å². The number of rotatable bonds is 5. The number of ether oxygens (including phenoxy) is 2. The number of amides is 1. The van der Waals surface area contributed by atoms with E-state index in [4.69, 9.17) is 18.9 Å². The molecule has 5 aromatic rings. The Morgan fingerprint density at radius 3 is 2.57 bits per heavy atom. The van der Waals surface area contributed by atoms with Crippen molar-refractivity contribution >= 4 is 43.6 Å². The van der Waals surface area contributed by atoms with Crippen LogP contribution in [0.3, 0.4) is 0 Å². The number of fused-ring (bicyclic) bond motifs is 3. The smallest absolute Gasteiger partial charge is 0.297 e. The molecule has 1 amide bonds. The first kappa shape index (κ1) is 23.2. The van der Waals surface area contributed by atoms with Gasteiger partial charge in [-0.25, -0.2) is 4.98 Å². The number of para-hydroxylation sites is 1. The van der Waals surface area contributed by atoms with E-state index in [9.17, 15) is 9.59 Å². The van der Waals surface area contributed by atoms with Gasteiger partial charge in [-0.2, -0.15) is 0 Å². The highest BCUT2D eigenvalue weighted by atomic mass is 32.1. The fraction of sp³-hybridized carbons (Fsp3) is 0.207. The molecule has 37 heavy (non-hydrogen) atoms. The summed E-state index contributed by atoms with van der Waals surface area (Å²) in [6.45, 7) is 4.27. The highest BCUT2D eigenvalue weighted by Gasteiger charge is 2.46. The fourth-order valence-electron chi connectivity index (χ4n) is 4.86. The Morgan fingerprint density at radius 1 is 1.00 bits per heavy atom. The van der Waals surface area contributed by atoms with Crippen molar-refractivity contribution in [3.63, 3.8) is 0 Å². The maximum atomic E-state index is 14.0. The first-order valence-corrected chi connectivity index (χ1v) is 12.7. The average Bonchev–Trinajstić information content (AvgIpc) is 3.46. The Balaban J connectivity index is 1.64. The molecule has 8 heteroatoms. The molecule has 0 aliphatic carbocycles. The van der Waals surface area contributed by atoms with Gasteiger partial charge in [0.05, 0.1) is 35.4 Å². The number of hydrogen-bond acceptors (Lipinski definition) is 7. The summed E-state index contributed by atoms with van der Waals surface area (Å²) in [5, 5.41) is 0.888. The molecule has 3 heterocycles. The summed E-state index contributed by atoms with van der Waals surface area (Å²) in [4.78, 5) is 34.2. The summed E-state index contributed by atoms with van der Waals surface area (Å²) >= 11 is 1.41. The van der Waals surface area contributed by atoms with E-state index in [-0.39, 0.29) is 16.8 Å². The van der Waals surface area contributed by atoms with Crippen LogP contribution in [0.5, 0.6) is 11.5 Å². The van der Waals surface area contributed by atoms with E-state index in [2.05, 4.69) is 26.0 Å². The van der Waals surface area contributed by atoms with Gasteiger partial charge in [0.25, 0.3) is 5.91 Å². The summed E-state index contributed by atoms with van der Waals surface area (Å²) in [5.74, 6) is 1.05. The number of aromatic nitrogens is 1. The molecule has 186 valence electrons. The third-order valence-corrected chi connectivity index (χ3v) is 7.80. The first-order chi connectivity index (χ1) is 17.9. The van der Waals surface area contributed by atoms with Crippen LogP contribution in [0.25, 0.3) is 21.2 Å². The Hall–Kier alpha value is -4.17. The molecule has 0 spiro atoms. The van der Waals surface area contributed by atoms with E-state index < -0.39 is 11.9 Å². The van der Waals surface area contributed by atoms with Gasteiger partial charge in [0.2, 0.25) is 5.76 Å². The molecule has 1 aliphatic heterocycles. The molecule has 1 atom stereocenters. The van der Waals surface area contributed by atoms with Crippen LogP contribution in [0.2, 0.25) is 0 Å². The van der Waals surface area contributed by atoms with Crippen molar-refractivity contribution in [3.8, 4) is 11.5 Å². The zero-order valence-corrected chi connectivity index (χ0v) is 21.6. The molecule has 0 saturated carbocycles. The molecular formula is C29H24N2O5S. The number of hydrogen-bond donors (Lipinski definition) is 0. The zero-order valence-electron chi connectivity index (χ0n) is 20.8. The highest BCUT2D eigenvalue weighted by molar-refractivity contribution is 7.22. The average molecular weight is 513 g/mol. The van der Waals surface area contributed by atoms with E-state index in [1.165, 1.54) is 16.9 Å². The van der Waals surface area contributed by atoms with Crippen molar-refractivity contribution < 1.29 is 18.7 Å². The van der Waals surface area contributed by atoms with Gasteiger partial charge in [-0.1, -0.05) is 43.4 Å². The maximum absolute atomic E-state index is 14.0. The summed E-state index contributed by atoms with van der Waals surface area (Å²) in [5.41, 5.74) is 2.95. The molecular weight excluding hydrogens is 488 g/mol. The minimum Gasteiger partial charge on any atom is -0.497 e. The number of carbonyl (C=O) groups excluding carboxylic acids is 1. The van der Waals surface area contributed by atoms with Crippen molar-refractivity contribution in [1.82, 2.24) is 4.98 Å². The molecule has 7 nitrogen and oxygen atoms in total. The molecule has 0 radical (unpaired) electrons. The van der Waals surface area contributed by atoms with Gasteiger partial charge in [-0.3, -0.25) is 14.5 Å². The van der Waals surface area contributed by atoms with Crippen LogP contribution < -0.4 is 19.8 Å². The van der Waals surface area contributed by atoms with Gasteiger partial charge in [0.1, 0.15) is 23.1 Å². The number of nitrogens with zero attached hydrogens (tertiary/aromatic N) is 2. The van der Waals surface area contributed by atoms with Crippen LogP contribution in [0.1, 0.15) is 53.1 Å². The maximum Gasteiger partial charge on any atom is 0.297 e. The van der Waals surface area contributed by atoms with Gasteiger partial charge in [0.15, 0.2) is 10.6 Å². The van der Waals surface area contributed by atoms with Crippen molar-refractivity contribution in [2.24, 2.45) is 0 Å². The van der Waals surface area contributed by atoms with Crippen molar-refractivity contribution in [2.45, 2.75) is 25.8 Å². The largest absolute Gasteiger partial charge is 0.497 e. The van der Waals surface area contributed by atoms with Crippen LogP contribution in [0.4, 0.5) is 5.13 Å². The SMILES string of the molecule is COc1ccc(OC)c([C@H]2c3c(oc4ccccc4c3=O)C(=O)N2c2nc3ccc(C(C)C)cc3s2)c1. The molecule has 1 aliphatic rings. The third kappa shape index (κ3) is 3.59. The number of thiazole rings is 1. The second kappa shape index (κ2) is 8.74. The molecule has 0 N–H and O–H groups in total. The summed E-state index contributed by atoms with van der Waals surface area (Å²) in [6, 6.07) is 17.6. The van der Waals surface area contributed by atoms with Crippen LogP contribution in [0, 0.1) is 0 Å². The van der Waals surface area contributed by atoms with Crippen LogP contribution >= 0.6 is 11.3 Å². The fourth-order valence-corrected chi connectivity index (χ4v) is 5.90. The number of carbonyl (C=O) groups is 1. The predicted octanol–water partition coefficient (Wildman–Crippen LogP) is 6.29. The molecule has 0 bridgehead atoms. The first-order valence-electron chi connectivity index (χ1n) is 11.9. The summed E-state index contributed by atoms with van der Waals surface area (Å²) in [7, 11) is 3.13. The predicted molar refractivity (Wildman–Crippen MR) is 144 cm³/mol. The van der Waals surface area contributed by atoms with Gasteiger partial charge < -0.3 is 13.9 Å². The lowest BCUT2D eigenvalue weighted by Crippen LogP contribution is -2.29. The lowest BCUT2D eigenvalue weighted by molar-refractivity contribution is 0.0971. The highest BCUT2D eigenvalue weighted by Crippen LogP contribution is 2.46. The van der Waals surface area contributed by atoms with Crippen LogP contribution in [-0.4, -0.2) is 25.1 Å². The Kier molecular flexibility index (Phi) is 5.49. The molecule has 0 unspecified atom stereocenters. The van der Waals surface area contributed by atoms with E-state index in [0.29, 0.717) is 39.1 Å². The summed E-state index contributed by atoms with van der Waals surface area (Å²) in [6.07, 6.45) is 0. The zero-order chi connectivity index (χ0) is 25.8. The Labute approximate surface area is 216 Å². The van der Waals surface area contributed by atoms with Crippen LogP contribution in [-0.2, 0) is 0 Å². The Bertz CT molecular complexity index is 1750.